The number of hydrogen-bond acceptors (Lipinski definition) is 5. The van der Waals surface area contributed by atoms with Crippen LogP contribution < -0.4 is 26.0 Å². The normalized spacial score (nSPS) is 19.9. The SMILES string of the molecule is CC(=O)N[C@H]1CCC(=O)NCCCCOc2ccc(C)c(c2)CNC(=O)[C@H](CCc2ccccc2)NC1=O. The topological polar surface area (TPSA) is 126 Å². The number of benzene rings is 2. The molecule has 1 aliphatic heterocycles. The lowest BCUT2D eigenvalue weighted by Gasteiger charge is -2.23. The van der Waals surface area contributed by atoms with E-state index >= 15 is 0 Å². The lowest BCUT2D eigenvalue weighted by Crippen LogP contribution is -2.53. The first-order chi connectivity index (χ1) is 18.3. The van der Waals surface area contributed by atoms with Crippen LogP contribution in [0.15, 0.2) is 48.5 Å². The Hall–Kier alpha value is -3.88. The van der Waals surface area contributed by atoms with Crippen molar-refractivity contribution in [1.29, 1.82) is 0 Å². The third kappa shape index (κ3) is 9.53. The van der Waals surface area contributed by atoms with Gasteiger partial charge in [0, 0.05) is 26.4 Å². The second kappa shape index (κ2) is 14.8. The zero-order valence-electron chi connectivity index (χ0n) is 22.2. The molecule has 0 aromatic heterocycles. The first kappa shape index (κ1) is 28.7. The number of carbonyl (C=O) groups is 4. The van der Waals surface area contributed by atoms with Crippen LogP contribution in [-0.4, -0.2) is 48.9 Å². The van der Waals surface area contributed by atoms with Crippen molar-refractivity contribution in [3.8, 4) is 5.75 Å². The average molecular weight is 523 g/mol. The van der Waals surface area contributed by atoms with Gasteiger partial charge in [-0.3, -0.25) is 19.2 Å². The first-order valence-corrected chi connectivity index (χ1v) is 13.2. The minimum absolute atomic E-state index is 0.0703. The average Bonchev–Trinajstić information content (AvgIpc) is 2.90. The Morgan fingerprint density at radius 3 is 2.58 bits per heavy atom. The van der Waals surface area contributed by atoms with Gasteiger partial charge in [0.1, 0.15) is 17.8 Å². The highest BCUT2D eigenvalue weighted by Gasteiger charge is 2.27. The fourth-order valence-electron chi connectivity index (χ4n) is 4.25. The Morgan fingerprint density at radius 1 is 1.03 bits per heavy atom. The summed E-state index contributed by atoms with van der Waals surface area (Å²) in [5, 5.41) is 11.2. The molecule has 3 rings (SSSR count). The molecule has 204 valence electrons. The van der Waals surface area contributed by atoms with Gasteiger partial charge in [0.15, 0.2) is 0 Å². The van der Waals surface area contributed by atoms with Gasteiger partial charge in [-0.1, -0.05) is 36.4 Å². The molecule has 0 saturated carbocycles. The molecule has 4 amide bonds. The van der Waals surface area contributed by atoms with E-state index in [1.807, 2.05) is 55.5 Å². The standard InChI is InChI=1S/C29H38N4O5/c1-20-10-12-24-18-23(20)19-31-28(36)25(13-11-22-8-4-3-5-9-22)33-29(37)26(32-21(2)34)14-15-27(35)30-16-6-7-17-38-24/h3-5,8-10,12,18,25-26H,6-7,11,13-17,19H2,1-2H3,(H,30,35)(H,31,36)(H,32,34)(H,33,37)/t25-,26-/m0/s1. The van der Waals surface area contributed by atoms with Gasteiger partial charge in [-0.25, -0.2) is 0 Å². The van der Waals surface area contributed by atoms with E-state index in [1.54, 1.807) is 0 Å². The number of rotatable bonds is 4. The molecule has 2 aromatic carbocycles. The summed E-state index contributed by atoms with van der Waals surface area (Å²) in [5.74, 6) is -0.685. The van der Waals surface area contributed by atoms with Crippen LogP contribution >= 0.6 is 0 Å². The van der Waals surface area contributed by atoms with E-state index in [0.717, 1.165) is 29.5 Å². The summed E-state index contributed by atoms with van der Waals surface area (Å²) in [6.45, 7) is 4.58. The third-order valence-corrected chi connectivity index (χ3v) is 6.49. The highest BCUT2D eigenvalue weighted by atomic mass is 16.5. The predicted molar refractivity (Wildman–Crippen MR) is 144 cm³/mol. The van der Waals surface area contributed by atoms with Gasteiger partial charge in [0.05, 0.1) is 6.61 Å². The molecule has 9 heteroatoms. The third-order valence-electron chi connectivity index (χ3n) is 6.49. The summed E-state index contributed by atoms with van der Waals surface area (Å²) in [5.41, 5.74) is 2.98. The van der Waals surface area contributed by atoms with Crippen LogP contribution in [-0.2, 0) is 32.1 Å². The van der Waals surface area contributed by atoms with Crippen LogP contribution in [0, 0.1) is 6.92 Å². The number of nitrogens with one attached hydrogen (secondary N) is 4. The van der Waals surface area contributed by atoms with Crippen molar-refractivity contribution in [2.75, 3.05) is 13.2 Å². The van der Waals surface area contributed by atoms with Crippen LogP contribution in [0.3, 0.4) is 0 Å². The minimum Gasteiger partial charge on any atom is -0.494 e. The molecule has 1 aliphatic rings. The Balaban J connectivity index is 1.81. The van der Waals surface area contributed by atoms with E-state index in [0.29, 0.717) is 31.7 Å². The van der Waals surface area contributed by atoms with E-state index in [2.05, 4.69) is 21.3 Å². The van der Waals surface area contributed by atoms with Crippen LogP contribution in [0.25, 0.3) is 0 Å². The van der Waals surface area contributed by atoms with Crippen molar-refractivity contribution < 1.29 is 23.9 Å². The highest BCUT2D eigenvalue weighted by molar-refractivity contribution is 5.92. The Kier molecular flexibility index (Phi) is 11.1. The molecule has 0 radical (unpaired) electrons. The number of ether oxygens (including phenoxy) is 1. The molecule has 0 fully saturated rings. The largest absolute Gasteiger partial charge is 0.494 e. The number of carbonyl (C=O) groups excluding carboxylic acids is 4. The highest BCUT2D eigenvalue weighted by Crippen LogP contribution is 2.18. The maximum Gasteiger partial charge on any atom is 0.243 e. The van der Waals surface area contributed by atoms with Gasteiger partial charge in [-0.05, 0) is 67.9 Å². The molecule has 4 N–H and O–H groups in total. The van der Waals surface area contributed by atoms with Crippen molar-refractivity contribution in [2.24, 2.45) is 0 Å². The fourth-order valence-corrected chi connectivity index (χ4v) is 4.25. The maximum atomic E-state index is 13.3. The monoisotopic (exact) mass is 522 g/mol. The van der Waals surface area contributed by atoms with Crippen molar-refractivity contribution in [3.63, 3.8) is 0 Å². The Bertz CT molecular complexity index is 1110. The summed E-state index contributed by atoms with van der Waals surface area (Å²) in [6, 6.07) is 13.7. The fraction of sp³-hybridized carbons (Fsp3) is 0.448. The van der Waals surface area contributed by atoms with Crippen LogP contribution in [0.4, 0.5) is 0 Å². The quantitative estimate of drug-likeness (QED) is 0.490. The van der Waals surface area contributed by atoms with E-state index in [1.165, 1.54) is 6.92 Å². The number of aryl methyl sites for hydroxylation is 2. The molecule has 0 aliphatic carbocycles. The number of fused-ring (bicyclic) bond motifs is 2. The smallest absolute Gasteiger partial charge is 0.243 e. The lowest BCUT2D eigenvalue weighted by atomic mass is 10.0. The van der Waals surface area contributed by atoms with E-state index in [4.69, 9.17) is 4.74 Å². The minimum atomic E-state index is -0.931. The summed E-state index contributed by atoms with van der Waals surface area (Å²) < 4.78 is 5.87. The van der Waals surface area contributed by atoms with Crippen molar-refractivity contribution in [2.45, 2.75) is 71.0 Å². The molecule has 2 bridgehead atoms. The summed E-state index contributed by atoms with van der Waals surface area (Å²) in [7, 11) is 0. The number of amides is 4. The first-order valence-electron chi connectivity index (χ1n) is 13.2. The molecule has 38 heavy (non-hydrogen) atoms. The zero-order valence-corrected chi connectivity index (χ0v) is 22.2. The summed E-state index contributed by atoms with van der Waals surface area (Å²) in [4.78, 5) is 50.6. The van der Waals surface area contributed by atoms with Crippen LogP contribution in [0.5, 0.6) is 5.75 Å². The molecule has 1 heterocycles. The lowest BCUT2D eigenvalue weighted by molar-refractivity contribution is -0.132. The summed E-state index contributed by atoms with van der Waals surface area (Å²) in [6.07, 6.45) is 2.66. The van der Waals surface area contributed by atoms with Crippen LogP contribution in [0.1, 0.15) is 55.7 Å². The Morgan fingerprint density at radius 2 is 1.82 bits per heavy atom. The van der Waals surface area contributed by atoms with Crippen molar-refractivity contribution >= 4 is 23.6 Å². The molecule has 0 saturated heterocycles. The van der Waals surface area contributed by atoms with E-state index < -0.39 is 18.0 Å². The molecule has 9 nitrogen and oxygen atoms in total. The molecule has 2 aromatic rings. The van der Waals surface area contributed by atoms with Gasteiger partial charge in [0.25, 0.3) is 0 Å². The van der Waals surface area contributed by atoms with Crippen molar-refractivity contribution in [3.05, 3.63) is 65.2 Å². The number of hydrogen-bond donors (Lipinski definition) is 4. The van der Waals surface area contributed by atoms with E-state index in [-0.39, 0.29) is 37.1 Å². The maximum absolute atomic E-state index is 13.3. The predicted octanol–water partition coefficient (Wildman–Crippen LogP) is 2.30. The van der Waals surface area contributed by atoms with Gasteiger partial charge < -0.3 is 26.0 Å². The molecule has 2 atom stereocenters. The second-order valence-electron chi connectivity index (χ2n) is 9.59. The molecular weight excluding hydrogens is 484 g/mol. The van der Waals surface area contributed by atoms with Crippen LogP contribution in [0.2, 0.25) is 0 Å². The molecular formula is C29H38N4O5. The molecule has 0 spiro atoms. The Labute approximate surface area is 224 Å². The molecule has 0 unspecified atom stereocenters. The zero-order chi connectivity index (χ0) is 27.3. The van der Waals surface area contributed by atoms with Gasteiger partial charge in [0.2, 0.25) is 23.6 Å². The second-order valence-corrected chi connectivity index (χ2v) is 9.59. The van der Waals surface area contributed by atoms with E-state index in [9.17, 15) is 19.2 Å². The van der Waals surface area contributed by atoms with Crippen molar-refractivity contribution in [1.82, 2.24) is 21.3 Å². The van der Waals surface area contributed by atoms with Gasteiger partial charge >= 0.3 is 0 Å². The summed E-state index contributed by atoms with van der Waals surface area (Å²) >= 11 is 0. The van der Waals surface area contributed by atoms with Gasteiger partial charge in [-0.2, -0.15) is 0 Å². The van der Waals surface area contributed by atoms with Gasteiger partial charge in [-0.15, -0.1) is 0 Å².